The van der Waals surface area contributed by atoms with Gasteiger partial charge in [-0.1, -0.05) is 514 Å². The summed E-state index contributed by atoms with van der Waals surface area (Å²) in [6.07, 6.45) is 0. The normalized spacial score (nSPS) is 11.5. The molecular formula is C146H101N. The monoisotopic (exact) mass is 1870 g/mol. The van der Waals surface area contributed by atoms with Crippen LogP contribution in [0.4, 0.5) is 17.1 Å². The second-order valence-electron chi connectivity index (χ2n) is 39.3. The van der Waals surface area contributed by atoms with Gasteiger partial charge in [0.05, 0.1) is 0 Å². The summed E-state index contributed by atoms with van der Waals surface area (Å²) >= 11 is 0. The predicted octanol–water partition coefficient (Wildman–Crippen LogP) is 41.3. The molecule has 0 saturated carbocycles. The van der Waals surface area contributed by atoms with Crippen LogP contribution in [-0.2, 0) is 0 Å². The first-order valence-electron chi connectivity index (χ1n) is 51.1. The third-order valence-corrected chi connectivity index (χ3v) is 30.4. The van der Waals surface area contributed by atoms with Gasteiger partial charge in [0.15, 0.2) is 0 Å². The maximum atomic E-state index is 2.42. The minimum atomic E-state index is 1.07. The zero-order valence-corrected chi connectivity index (χ0v) is 82.3. The van der Waals surface area contributed by atoms with E-state index in [2.05, 4.69) is 573 Å². The fourth-order valence-electron chi connectivity index (χ4n) is 23.4. The molecule has 0 aliphatic carbocycles. The second-order valence-corrected chi connectivity index (χ2v) is 39.3. The fraction of sp³-hybridized carbons (Fsp3) is 0.0274. The van der Waals surface area contributed by atoms with Crippen molar-refractivity contribution in [3.8, 4) is 145 Å². The Balaban J connectivity index is 0.000000151. The summed E-state index contributed by atoms with van der Waals surface area (Å²) in [6, 6.07) is 200. The van der Waals surface area contributed by atoms with E-state index >= 15 is 0 Å². The maximum Gasteiger partial charge on any atom is 0.0462 e. The number of aryl methyl sites for hydroxylation is 4. The third-order valence-electron chi connectivity index (χ3n) is 30.4. The highest BCUT2D eigenvalue weighted by molar-refractivity contribution is 6.27. The van der Waals surface area contributed by atoms with Gasteiger partial charge in [0.2, 0.25) is 0 Å². The topological polar surface area (TPSA) is 3.24 Å². The molecule has 0 N–H and O–H groups in total. The summed E-state index contributed by atoms with van der Waals surface area (Å²) in [6.45, 7) is 8.63. The molecule has 0 radical (unpaired) electrons. The zero-order valence-electron chi connectivity index (χ0n) is 82.3. The first-order valence-corrected chi connectivity index (χ1v) is 51.1. The van der Waals surface area contributed by atoms with Crippen LogP contribution in [0.5, 0.6) is 0 Å². The van der Waals surface area contributed by atoms with Gasteiger partial charge in [-0.05, 0) is 329 Å². The van der Waals surface area contributed by atoms with Gasteiger partial charge < -0.3 is 4.90 Å². The third kappa shape index (κ3) is 16.0. The molecule has 0 aliphatic rings. The van der Waals surface area contributed by atoms with E-state index in [0.717, 1.165) is 17.1 Å². The van der Waals surface area contributed by atoms with E-state index in [9.17, 15) is 0 Å². The van der Waals surface area contributed by atoms with Crippen molar-refractivity contribution >= 4 is 125 Å². The van der Waals surface area contributed by atoms with E-state index in [-0.39, 0.29) is 0 Å². The summed E-state index contributed by atoms with van der Waals surface area (Å²) in [5.74, 6) is 0. The molecule has 0 spiro atoms. The SMILES string of the molecule is Cc1ccc(-c2c3ccccc3c(-c3ccc(C)cc3)c3cc(-c4ccc(-c5ccc(-c6ccc7c(-c8ccc(C)cc8)c8ccccc8c(-c8ccc(C)cc8)c7c6)cc5)cc4)ccc23)cc1.c1ccc(-c2c3ccccc3c(-c3ccc(N(c4ccc(-c5c6ccccc6c(-c6ccccc6)c6ccccc56)cc4)c4ccc(-c5c6ccccc6c(-c6ccccc6)c6ccccc56)cc4)cc3)c3ccccc23)cc1. The number of benzene rings is 27. The summed E-state index contributed by atoms with van der Waals surface area (Å²) in [5, 5.41) is 25.1. The van der Waals surface area contributed by atoms with Gasteiger partial charge in [-0.2, -0.15) is 0 Å². The summed E-state index contributed by atoms with van der Waals surface area (Å²) in [4.78, 5) is 2.41. The second kappa shape index (κ2) is 37.7. The van der Waals surface area contributed by atoms with Crippen molar-refractivity contribution < 1.29 is 0 Å². The van der Waals surface area contributed by atoms with Crippen molar-refractivity contribution in [3.63, 3.8) is 0 Å². The van der Waals surface area contributed by atoms with Crippen LogP contribution in [0.25, 0.3) is 252 Å². The Morgan fingerprint density at radius 3 is 0.395 bits per heavy atom. The van der Waals surface area contributed by atoms with Crippen LogP contribution in [0.1, 0.15) is 22.3 Å². The largest absolute Gasteiger partial charge is 0.311 e. The van der Waals surface area contributed by atoms with Crippen molar-refractivity contribution in [3.05, 3.63) is 562 Å². The molecule has 147 heavy (non-hydrogen) atoms. The molecule has 0 bridgehead atoms. The van der Waals surface area contributed by atoms with Crippen molar-refractivity contribution in [1.82, 2.24) is 0 Å². The van der Waals surface area contributed by atoms with Crippen LogP contribution >= 0.6 is 0 Å². The Morgan fingerprint density at radius 1 is 0.0952 bits per heavy atom. The van der Waals surface area contributed by atoms with Crippen molar-refractivity contribution in [2.75, 3.05) is 4.90 Å². The minimum absolute atomic E-state index is 1.07. The zero-order chi connectivity index (χ0) is 98.1. The molecule has 0 amide bonds. The van der Waals surface area contributed by atoms with E-state index < -0.39 is 0 Å². The van der Waals surface area contributed by atoms with Gasteiger partial charge in [-0.25, -0.2) is 0 Å². The molecule has 27 rings (SSSR count). The molecule has 1 nitrogen and oxygen atoms in total. The number of fused-ring (bicyclic) bond motifs is 10. The predicted molar refractivity (Wildman–Crippen MR) is 632 cm³/mol. The van der Waals surface area contributed by atoms with Gasteiger partial charge >= 0.3 is 0 Å². The van der Waals surface area contributed by atoms with Crippen LogP contribution < -0.4 is 4.90 Å². The van der Waals surface area contributed by atoms with Gasteiger partial charge in [0.25, 0.3) is 0 Å². The average Bonchev–Trinajstić information content (AvgIpc) is 0.741. The Labute approximate surface area is 857 Å². The highest BCUT2D eigenvalue weighted by Gasteiger charge is 2.27. The van der Waals surface area contributed by atoms with Crippen LogP contribution in [0, 0.1) is 27.7 Å². The molecule has 27 aromatic rings. The van der Waals surface area contributed by atoms with Gasteiger partial charge in [0, 0.05) is 17.1 Å². The highest BCUT2D eigenvalue weighted by atomic mass is 15.1. The molecule has 1 heteroatoms. The molecule has 690 valence electrons. The average molecular weight is 1870 g/mol. The van der Waals surface area contributed by atoms with Crippen molar-refractivity contribution in [1.29, 1.82) is 0 Å². The lowest BCUT2D eigenvalue weighted by molar-refractivity contribution is 1.28. The summed E-state index contributed by atoms with van der Waals surface area (Å²) in [7, 11) is 0. The lowest BCUT2D eigenvalue weighted by atomic mass is 9.84. The molecule has 27 aromatic carbocycles. The molecular weight excluding hydrogens is 1770 g/mol. The van der Waals surface area contributed by atoms with Crippen LogP contribution in [0.3, 0.4) is 0 Å². The van der Waals surface area contributed by atoms with Crippen LogP contribution in [-0.4, -0.2) is 0 Å². The van der Waals surface area contributed by atoms with Gasteiger partial charge in [-0.15, -0.1) is 0 Å². The Hall–Kier alpha value is -18.7. The first-order chi connectivity index (χ1) is 72.6. The minimum Gasteiger partial charge on any atom is -0.311 e. The van der Waals surface area contributed by atoms with Crippen LogP contribution in [0.15, 0.2) is 540 Å². The van der Waals surface area contributed by atoms with Gasteiger partial charge in [0.1, 0.15) is 0 Å². The molecule has 0 fully saturated rings. The molecule has 0 aliphatic heterocycles. The number of hydrogen-bond donors (Lipinski definition) is 0. The van der Waals surface area contributed by atoms with E-state index in [1.807, 2.05) is 0 Å². The van der Waals surface area contributed by atoms with Gasteiger partial charge in [-0.3, -0.25) is 0 Å². The van der Waals surface area contributed by atoms with E-state index in [4.69, 9.17) is 0 Å². The Bertz CT molecular complexity index is 8840. The maximum absolute atomic E-state index is 2.42. The molecule has 0 atom stereocenters. The first kappa shape index (κ1) is 88.5. The smallest absolute Gasteiger partial charge is 0.0462 e. The van der Waals surface area contributed by atoms with E-state index in [1.165, 1.54) is 275 Å². The summed E-state index contributed by atoms with van der Waals surface area (Å²) in [5.41, 5.74) is 40.3. The Morgan fingerprint density at radius 2 is 0.218 bits per heavy atom. The summed E-state index contributed by atoms with van der Waals surface area (Å²) < 4.78 is 0. The van der Waals surface area contributed by atoms with Crippen LogP contribution in [0.2, 0.25) is 0 Å². The number of hydrogen-bond acceptors (Lipinski definition) is 1. The number of anilines is 3. The fourth-order valence-corrected chi connectivity index (χ4v) is 23.4. The van der Waals surface area contributed by atoms with Crippen molar-refractivity contribution in [2.45, 2.75) is 27.7 Å². The molecule has 0 unspecified atom stereocenters. The number of nitrogens with zero attached hydrogens (tertiary/aromatic N) is 1. The Kier molecular flexibility index (Phi) is 22.7. The standard InChI is InChI=1S/C78H51N.C68H50/c1-4-22-52(23-5-1)73-61-28-10-16-34-67(61)76(68-35-17-11-29-62(68)73)55-40-46-58(47-41-55)79(59-48-42-56(43-49-59)77-69-36-18-12-30-63(69)74(53-24-6-2-7-25-53)64-31-13-19-37-70(64)77)60-50-44-57(45-51-60)78-71-38-20-14-32-65(71)75(54-26-8-3-9-27-54)66-33-15-21-39-72(66)78;1-43-13-21-51(22-14-43)65-57-9-5-7-11-59(57)67(53-25-17-45(3)18-26-53)63-41-55(37-39-61(63)65)49-33-29-47(30-34-49)48-31-35-50(36-32-48)56-38-40-62-64(42-56)68(54-27-19-46(4)20-28-54)60-12-8-6-10-58(60)66(62)52-23-15-44(2)16-24-52/h1-51H;5-42H,1-4H3. The lowest BCUT2D eigenvalue weighted by Gasteiger charge is -2.27. The van der Waals surface area contributed by atoms with Crippen molar-refractivity contribution in [2.24, 2.45) is 0 Å². The lowest BCUT2D eigenvalue weighted by Crippen LogP contribution is -2.10. The molecule has 0 heterocycles. The molecule has 0 saturated heterocycles. The van der Waals surface area contributed by atoms with E-state index in [1.54, 1.807) is 0 Å². The quantitative estimate of drug-likeness (QED) is 0.0872. The molecule has 0 aromatic heterocycles. The van der Waals surface area contributed by atoms with E-state index in [0.29, 0.717) is 0 Å². The highest BCUT2D eigenvalue weighted by Crippen LogP contribution is 2.53. The number of rotatable bonds is 16.